The van der Waals surface area contributed by atoms with Crippen LogP contribution in [-0.2, 0) is 22.4 Å². The summed E-state index contributed by atoms with van der Waals surface area (Å²) in [5.74, 6) is -0.118. The van der Waals surface area contributed by atoms with Gasteiger partial charge in [0.05, 0.1) is 17.4 Å². The van der Waals surface area contributed by atoms with Crippen molar-refractivity contribution < 1.29 is 14.4 Å². The van der Waals surface area contributed by atoms with E-state index in [0.717, 1.165) is 36.1 Å². The smallest absolute Gasteiger partial charge is 0.252 e. The van der Waals surface area contributed by atoms with Gasteiger partial charge >= 0.3 is 0 Å². The van der Waals surface area contributed by atoms with Crippen molar-refractivity contribution in [2.75, 3.05) is 39.5 Å². The fourth-order valence-corrected chi connectivity index (χ4v) is 4.00. The van der Waals surface area contributed by atoms with Crippen molar-refractivity contribution in [3.8, 4) is 0 Å². The maximum Gasteiger partial charge on any atom is 0.252 e. The summed E-state index contributed by atoms with van der Waals surface area (Å²) >= 11 is 0. The number of anilines is 2. The third-order valence-electron chi connectivity index (χ3n) is 6.55. The van der Waals surface area contributed by atoms with E-state index in [1.807, 2.05) is 38.1 Å². The summed E-state index contributed by atoms with van der Waals surface area (Å²) < 4.78 is 0. The Balaban J connectivity index is 1.60. The lowest BCUT2D eigenvalue weighted by atomic mass is 10.0. The molecule has 4 N–H and O–H groups in total. The average Bonchev–Trinajstić information content (AvgIpc) is 3.73. The molecule has 3 rings (SSSR count). The lowest BCUT2D eigenvalue weighted by Crippen LogP contribution is -2.45. The molecule has 2 aromatic rings. The van der Waals surface area contributed by atoms with Crippen molar-refractivity contribution in [2.24, 2.45) is 5.73 Å². The lowest BCUT2D eigenvalue weighted by molar-refractivity contribution is -0.135. The first kappa shape index (κ1) is 28.8. The van der Waals surface area contributed by atoms with Gasteiger partial charge in [0.1, 0.15) is 11.9 Å². The predicted molar refractivity (Wildman–Crippen MR) is 148 cm³/mol. The molecule has 38 heavy (non-hydrogen) atoms. The Morgan fingerprint density at radius 1 is 1.18 bits per heavy atom. The van der Waals surface area contributed by atoms with Crippen LogP contribution in [0.1, 0.15) is 59.8 Å². The second-order valence-corrected chi connectivity index (χ2v) is 9.96. The summed E-state index contributed by atoms with van der Waals surface area (Å²) in [6.07, 6.45) is 10.2. The second-order valence-electron chi connectivity index (χ2n) is 9.96. The van der Waals surface area contributed by atoms with Crippen LogP contribution in [0.25, 0.3) is 0 Å². The molecule has 1 fully saturated rings. The van der Waals surface area contributed by atoms with Crippen LogP contribution in [0.5, 0.6) is 0 Å². The molecule has 1 aliphatic carbocycles. The number of likely N-dealkylation sites (N-methyl/N-ethyl adjacent to an activating group) is 2. The number of aromatic nitrogens is 2. The first-order valence-electron chi connectivity index (χ1n) is 13.0. The van der Waals surface area contributed by atoms with Crippen LogP contribution in [0, 0.1) is 0 Å². The van der Waals surface area contributed by atoms with E-state index in [1.165, 1.54) is 11.0 Å². The highest BCUT2D eigenvalue weighted by Crippen LogP contribution is 2.42. The number of aryl methyl sites for hydroxylation is 1. The van der Waals surface area contributed by atoms with E-state index in [-0.39, 0.29) is 11.8 Å². The van der Waals surface area contributed by atoms with Gasteiger partial charge in [-0.15, -0.1) is 0 Å². The maximum absolute atomic E-state index is 12.6. The molecule has 3 amide bonds. The van der Waals surface area contributed by atoms with E-state index in [9.17, 15) is 14.4 Å². The average molecular weight is 522 g/mol. The van der Waals surface area contributed by atoms with Crippen LogP contribution in [0.4, 0.5) is 11.5 Å². The van der Waals surface area contributed by atoms with E-state index in [4.69, 9.17) is 10.7 Å². The van der Waals surface area contributed by atoms with Crippen LogP contribution in [0.15, 0.2) is 36.7 Å². The van der Waals surface area contributed by atoms with Crippen LogP contribution >= 0.6 is 0 Å². The van der Waals surface area contributed by atoms with Crippen molar-refractivity contribution in [3.05, 3.63) is 59.1 Å². The van der Waals surface area contributed by atoms with Gasteiger partial charge in [0.2, 0.25) is 11.8 Å². The van der Waals surface area contributed by atoms with E-state index in [2.05, 4.69) is 15.6 Å². The molecule has 10 nitrogen and oxygen atoms in total. The summed E-state index contributed by atoms with van der Waals surface area (Å²) in [5, 5.41) is 6.11. The SMILES string of the molecule is CCc1cc(C(N)=O)c(Nc2cncc(CCNC(=O)[C@H](C)N(C)C(=O)/C=C/CN(C)C)c2)nc1C1CC1. The number of hydrogen-bond donors (Lipinski definition) is 3. The zero-order chi connectivity index (χ0) is 27.8. The molecule has 2 aromatic heterocycles. The minimum atomic E-state index is -0.609. The fraction of sp³-hybridized carbons (Fsp3) is 0.464. The first-order valence-corrected chi connectivity index (χ1v) is 13.0. The Bertz CT molecular complexity index is 1190. The van der Waals surface area contributed by atoms with Gasteiger partial charge in [-0.2, -0.15) is 0 Å². The molecule has 0 saturated heterocycles. The molecule has 2 heterocycles. The normalized spacial score (nSPS) is 13.9. The molecule has 204 valence electrons. The number of pyridine rings is 2. The minimum absolute atomic E-state index is 0.224. The number of carbonyl (C=O) groups excluding carboxylic acids is 3. The van der Waals surface area contributed by atoms with Crippen molar-refractivity contribution in [1.29, 1.82) is 0 Å². The largest absolute Gasteiger partial charge is 0.365 e. The van der Waals surface area contributed by atoms with Gasteiger partial charge in [-0.05, 0) is 70.0 Å². The maximum atomic E-state index is 12.6. The zero-order valence-corrected chi connectivity index (χ0v) is 23.0. The summed E-state index contributed by atoms with van der Waals surface area (Å²) in [4.78, 5) is 49.5. The zero-order valence-electron chi connectivity index (χ0n) is 23.0. The molecule has 0 bridgehead atoms. The van der Waals surface area contributed by atoms with E-state index in [0.29, 0.717) is 42.5 Å². The van der Waals surface area contributed by atoms with Crippen LogP contribution in [-0.4, -0.2) is 77.8 Å². The van der Waals surface area contributed by atoms with Crippen molar-refractivity contribution in [1.82, 2.24) is 25.1 Å². The number of hydrogen-bond acceptors (Lipinski definition) is 7. The molecule has 0 aromatic carbocycles. The topological polar surface area (TPSA) is 134 Å². The number of nitrogens with two attached hydrogens (primary N) is 1. The molecule has 0 unspecified atom stereocenters. The number of rotatable bonds is 13. The molecular weight excluding hydrogens is 482 g/mol. The Kier molecular flexibility index (Phi) is 9.95. The van der Waals surface area contributed by atoms with E-state index in [1.54, 1.807) is 32.4 Å². The summed E-state index contributed by atoms with van der Waals surface area (Å²) in [6.45, 7) is 4.78. The minimum Gasteiger partial charge on any atom is -0.365 e. The number of nitrogens with one attached hydrogen (secondary N) is 2. The number of amides is 3. The Morgan fingerprint density at radius 2 is 1.92 bits per heavy atom. The van der Waals surface area contributed by atoms with Crippen molar-refractivity contribution in [3.63, 3.8) is 0 Å². The second kappa shape index (κ2) is 13.1. The monoisotopic (exact) mass is 521 g/mol. The van der Waals surface area contributed by atoms with Crippen molar-refractivity contribution >= 4 is 29.2 Å². The van der Waals surface area contributed by atoms with Crippen molar-refractivity contribution in [2.45, 2.75) is 51.5 Å². The van der Waals surface area contributed by atoms with Gasteiger partial charge in [0.15, 0.2) is 0 Å². The lowest BCUT2D eigenvalue weighted by Gasteiger charge is -2.23. The predicted octanol–water partition coefficient (Wildman–Crippen LogP) is 2.38. The standard InChI is InChI=1S/C28H39N7O3/c1-6-20-15-23(26(29)37)27(33-25(20)21-9-10-21)32-22-14-19(16-30-17-22)11-12-31-28(38)18(2)35(5)24(36)8-7-13-34(3)4/h7-8,14-18,21H,6,9-13H2,1-5H3,(H2,29,37)(H,31,38)(H,32,33)/b8-7+/t18-/m0/s1. The highest BCUT2D eigenvalue weighted by Gasteiger charge is 2.29. The van der Waals surface area contributed by atoms with Crippen LogP contribution < -0.4 is 16.4 Å². The first-order chi connectivity index (χ1) is 18.1. The van der Waals surface area contributed by atoms with Crippen LogP contribution in [0.3, 0.4) is 0 Å². The third-order valence-corrected chi connectivity index (χ3v) is 6.55. The number of primary amides is 1. The van der Waals surface area contributed by atoms with E-state index < -0.39 is 11.9 Å². The molecule has 0 spiro atoms. The van der Waals surface area contributed by atoms with Crippen LogP contribution in [0.2, 0.25) is 0 Å². The molecular formula is C28H39N7O3. The molecule has 1 atom stereocenters. The molecule has 0 radical (unpaired) electrons. The molecule has 0 aliphatic heterocycles. The van der Waals surface area contributed by atoms with E-state index >= 15 is 0 Å². The quantitative estimate of drug-likeness (QED) is 0.345. The summed E-state index contributed by atoms with van der Waals surface area (Å²) in [5.41, 5.74) is 9.66. The van der Waals surface area contributed by atoms with Gasteiger partial charge in [-0.1, -0.05) is 13.0 Å². The van der Waals surface area contributed by atoms with Gasteiger partial charge in [0, 0.05) is 44.0 Å². The summed E-state index contributed by atoms with van der Waals surface area (Å²) in [7, 11) is 5.45. The van der Waals surface area contributed by atoms with Gasteiger partial charge in [0.25, 0.3) is 5.91 Å². The third kappa shape index (κ3) is 7.85. The summed E-state index contributed by atoms with van der Waals surface area (Å²) in [6, 6.07) is 3.15. The van der Waals surface area contributed by atoms with Gasteiger partial charge in [-0.25, -0.2) is 4.98 Å². The number of nitrogens with zero attached hydrogens (tertiary/aromatic N) is 4. The van der Waals surface area contributed by atoms with Gasteiger partial charge < -0.3 is 26.2 Å². The molecule has 1 aliphatic rings. The Labute approximate surface area is 224 Å². The highest BCUT2D eigenvalue weighted by molar-refractivity contribution is 5.98. The highest BCUT2D eigenvalue weighted by atomic mass is 16.2. The number of carbonyl (C=O) groups is 3. The molecule has 10 heteroatoms. The Morgan fingerprint density at radius 3 is 2.55 bits per heavy atom. The fourth-order valence-electron chi connectivity index (χ4n) is 4.00. The van der Waals surface area contributed by atoms with Gasteiger partial charge in [-0.3, -0.25) is 19.4 Å². The molecule has 1 saturated carbocycles. The Hall–Kier alpha value is -3.79.